The van der Waals surface area contributed by atoms with Gasteiger partial charge in [0.2, 0.25) is 10.0 Å². The van der Waals surface area contributed by atoms with E-state index in [1.165, 1.54) is 30.3 Å². The maximum absolute atomic E-state index is 13.6. The van der Waals surface area contributed by atoms with Crippen LogP contribution in [0.1, 0.15) is 18.4 Å². The molecule has 6 nitrogen and oxygen atoms in total. The van der Waals surface area contributed by atoms with Gasteiger partial charge in [-0.3, -0.25) is 0 Å². The summed E-state index contributed by atoms with van der Waals surface area (Å²) in [5, 5.41) is 12.1. The monoisotopic (exact) mass is 430 g/mol. The van der Waals surface area contributed by atoms with E-state index >= 15 is 0 Å². The van der Waals surface area contributed by atoms with E-state index in [9.17, 15) is 26.7 Å². The van der Waals surface area contributed by atoms with Gasteiger partial charge in [-0.05, 0) is 61.2 Å². The van der Waals surface area contributed by atoms with E-state index in [0.29, 0.717) is 31.7 Å². The van der Waals surface area contributed by atoms with Gasteiger partial charge in [-0.25, -0.2) is 13.1 Å². The molecule has 0 aliphatic carbocycles. The number of sulfonamides is 1. The maximum Gasteiger partial charge on any atom is 0.417 e. The molecule has 0 amide bonds. The smallest absolute Gasteiger partial charge is 0.417 e. The lowest BCUT2D eigenvalue weighted by Crippen LogP contribution is -2.33. The number of halogens is 3. The van der Waals surface area contributed by atoms with Crippen molar-refractivity contribution < 1.29 is 31.4 Å². The molecule has 0 spiro atoms. The molecule has 29 heavy (non-hydrogen) atoms. The molecule has 2 aromatic rings. The molecule has 1 aliphatic rings. The van der Waals surface area contributed by atoms with E-state index in [0.717, 1.165) is 12.1 Å². The zero-order valence-electron chi connectivity index (χ0n) is 15.4. The van der Waals surface area contributed by atoms with Crippen LogP contribution >= 0.6 is 0 Å². The molecular formula is C19H21F3N2O4S. The summed E-state index contributed by atoms with van der Waals surface area (Å²) >= 11 is 0. The van der Waals surface area contributed by atoms with Gasteiger partial charge < -0.3 is 15.2 Å². The van der Waals surface area contributed by atoms with Crippen LogP contribution in [0.25, 0.3) is 0 Å². The van der Waals surface area contributed by atoms with Crippen molar-refractivity contribution in [1.82, 2.24) is 4.72 Å². The molecule has 1 aliphatic heterocycles. The predicted octanol–water partition coefficient (Wildman–Crippen LogP) is 3.86. The van der Waals surface area contributed by atoms with E-state index < -0.39 is 26.7 Å². The molecule has 1 saturated heterocycles. The first-order valence-electron chi connectivity index (χ1n) is 9.00. The molecule has 0 bridgehead atoms. The zero-order chi connectivity index (χ0) is 21.1. The second kappa shape index (κ2) is 8.60. The third-order valence-electron chi connectivity index (χ3n) is 4.63. The van der Waals surface area contributed by atoms with Gasteiger partial charge in [-0.2, -0.15) is 13.2 Å². The molecule has 158 valence electrons. The van der Waals surface area contributed by atoms with Crippen LogP contribution in [0.5, 0.6) is 5.75 Å². The quantitative estimate of drug-likeness (QED) is 0.606. The number of phenolic OH excluding ortho intramolecular Hbond substituents is 1. The minimum Gasteiger partial charge on any atom is -0.508 e. The van der Waals surface area contributed by atoms with E-state index in [2.05, 4.69) is 10.0 Å². The number of ether oxygens (including phenoxy) is 1. The largest absolute Gasteiger partial charge is 0.508 e. The molecule has 0 saturated carbocycles. The summed E-state index contributed by atoms with van der Waals surface area (Å²) < 4.78 is 73.3. The summed E-state index contributed by atoms with van der Waals surface area (Å²) in [6, 6.07) is 8.71. The summed E-state index contributed by atoms with van der Waals surface area (Å²) in [6.07, 6.45) is -3.54. The number of nitrogens with one attached hydrogen (secondary N) is 2. The Kier molecular flexibility index (Phi) is 6.35. The average molecular weight is 430 g/mol. The molecular weight excluding hydrogens is 409 g/mol. The van der Waals surface area contributed by atoms with Crippen LogP contribution < -0.4 is 10.0 Å². The Hall–Kier alpha value is -2.30. The third-order valence-corrected chi connectivity index (χ3v) is 6.12. The van der Waals surface area contributed by atoms with Crippen LogP contribution in [-0.4, -0.2) is 33.3 Å². The van der Waals surface area contributed by atoms with E-state index in [1.54, 1.807) is 0 Å². The van der Waals surface area contributed by atoms with E-state index in [-0.39, 0.29) is 23.9 Å². The number of hydrogen-bond donors (Lipinski definition) is 3. The van der Waals surface area contributed by atoms with Crippen LogP contribution in [0.4, 0.5) is 24.5 Å². The summed E-state index contributed by atoms with van der Waals surface area (Å²) in [4.78, 5) is -0.812. The molecule has 0 unspecified atom stereocenters. The lowest BCUT2D eigenvalue weighted by Gasteiger charge is -2.22. The number of alkyl halides is 3. The molecule has 0 aromatic heterocycles. The molecule has 3 N–H and O–H groups in total. The Morgan fingerprint density at radius 2 is 1.66 bits per heavy atom. The van der Waals surface area contributed by atoms with Crippen molar-refractivity contribution in [2.24, 2.45) is 5.92 Å². The van der Waals surface area contributed by atoms with Crippen LogP contribution in [0.2, 0.25) is 0 Å². The van der Waals surface area contributed by atoms with Crippen molar-refractivity contribution in [3.05, 3.63) is 48.0 Å². The van der Waals surface area contributed by atoms with Gasteiger partial charge in [0.15, 0.2) is 0 Å². The minimum atomic E-state index is -4.85. The highest BCUT2D eigenvalue weighted by Gasteiger charge is 2.37. The van der Waals surface area contributed by atoms with Gasteiger partial charge >= 0.3 is 6.18 Å². The summed E-state index contributed by atoms with van der Waals surface area (Å²) in [7, 11) is -4.34. The molecule has 0 radical (unpaired) electrons. The Bertz CT molecular complexity index is 941. The van der Waals surface area contributed by atoms with Crippen molar-refractivity contribution in [2.75, 3.05) is 25.1 Å². The first kappa shape index (κ1) is 21.4. The van der Waals surface area contributed by atoms with Crippen LogP contribution in [-0.2, 0) is 20.9 Å². The average Bonchev–Trinajstić information content (AvgIpc) is 2.68. The fourth-order valence-corrected chi connectivity index (χ4v) is 4.35. The lowest BCUT2D eigenvalue weighted by molar-refractivity contribution is -0.139. The second-order valence-corrected chi connectivity index (χ2v) is 8.52. The summed E-state index contributed by atoms with van der Waals surface area (Å²) in [5.74, 6) is 0.0480. The number of anilines is 2. The topological polar surface area (TPSA) is 87.7 Å². The minimum absolute atomic E-state index is 0.0172. The Labute approximate surface area is 166 Å². The Morgan fingerprint density at radius 1 is 1.03 bits per heavy atom. The van der Waals surface area contributed by atoms with Gasteiger partial charge in [0.05, 0.1) is 10.5 Å². The van der Waals surface area contributed by atoms with Crippen LogP contribution in [0.15, 0.2) is 47.4 Å². The maximum atomic E-state index is 13.6. The van der Waals surface area contributed by atoms with E-state index in [1.807, 2.05) is 0 Å². The standard InChI is InChI=1S/C19H21F3N2O4S/c20-19(21,22)17-11-15(24-14-1-4-16(25)5-2-14)3-6-18(17)29(26,27)23-12-13-7-9-28-10-8-13/h1-6,11,13,23-25H,7-10,12H2. The second-order valence-electron chi connectivity index (χ2n) is 6.79. The molecule has 10 heteroatoms. The normalized spacial score (nSPS) is 16.0. The van der Waals surface area contributed by atoms with Gasteiger partial charge in [0.25, 0.3) is 0 Å². The summed E-state index contributed by atoms with van der Waals surface area (Å²) in [5.41, 5.74) is -0.726. The molecule has 0 atom stereocenters. The highest BCUT2D eigenvalue weighted by atomic mass is 32.2. The van der Waals surface area contributed by atoms with Crippen molar-refractivity contribution in [2.45, 2.75) is 23.9 Å². The fraction of sp³-hybridized carbons (Fsp3) is 0.368. The first-order chi connectivity index (χ1) is 13.6. The number of hydrogen-bond acceptors (Lipinski definition) is 5. The third kappa shape index (κ3) is 5.62. The van der Waals surface area contributed by atoms with Crippen molar-refractivity contribution >= 4 is 21.4 Å². The number of phenols is 1. The number of benzene rings is 2. The SMILES string of the molecule is O=S(=O)(NCC1CCOCC1)c1ccc(Nc2ccc(O)cc2)cc1C(F)(F)F. The first-order valence-corrected chi connectivity index (χ1v) is 10.5. The molecule has 2 aromatic carbocycles. The van der Waals surface area contributed by atoms with Gasteiger partial charge in [-0.15, -0.1) is 0 Å². The highest BCUT2D eigenvalue weighted by Crippen LogP contribution is 2.36. The Balaban J connectivity index is 1.84. The lowest BCUT2D eigenvalue weighted by atomic mass is 10.0. The van der Waals surface area contributed by atoms with Crippen molar-refractivity contribution in [3.8, 4) is 5.75 Å². The molecule has 3 rings (SSSR count). The molecule has 1 heterocycles. The zero-order valence-corrected chi connectivity index (χ0v) is 16.2. The number of rotatable bonds is 6. The predicted molar refractivity (Wildman–Crippen MR) is 102 cm³/mol. The van der Waals surface area contributed by atoms with Crippen molar-refractivity contribution in [1.29, 1.82) is 0 Å². The van der Waals surface area contributed by atoms with Gasteiger partial charge in [-0.1, -0.05) is 0 Å². The highest BCUT2D eigenvalue weighted by molar-refractivity contribution is 7.89. The summed E-state index contributed by atoms with van der Waals surface area (Å²) in [6.45, 7) is 1.09. The fourth-order valence-electron chi connectivity index (χ4n) is 3.03. The van der Waals surface area contributed by atoms with Crippen molar-refractivity contribution in [3.63, 3.8) is 0 Å². The van der Waals surface area contributed by atoms with Crippen LogP contribution in [0, 0.1) is 5.92 Å². The van der Waals surface area contributed by atoms with E-state index in [4.69, 9.17) is 4.74 Å². The van der Waals surface area contributed by atoms with Crippen LogP contribution in [0.3, 0.4) is 0 Å². The Morgan fingerprint density at radius 3 is 2.28 bits per heavy atom. The van der Waals surface area contributed by atoms with Gasteiger partial charge in [0, 0.05) is 31.1 Å². The molecule has 1 fully saturated rings. The van der Waals surface area contributed by atoms with Gasteiger partial charge in [0.1, 0.15) is 5.75 Å². The number of aromatic hydroxyl groups is 1.